The summed E-state index contributed by atoms with van der Waals surface area (Å²) in [5.74, 6) is -0.752. The quantitative estimate of drug-likeness (QED) is 0.767. The zero-order chi connectivity index (χ0) is 13.8. The summed E-state index contributed by atoms with van der Waals surface area (Å²) in [6.07, 6.45) is 1.82. The molecule has 1 saturated heterocycles. The van der Waals surface area contributed by atoms with Crippen LogP contribution in [0.5, 0.6) is 0 Å². The van der Waals surface area contributed by atoms with Gasteiger partial charge in [0.15, 0.2) is 0 Å². The topological polar surface area (TPSA) is 53.0 Å². The molecule has 1 heterocycles. The fourth-order valence-corrected chi connectivity index (χ4v) is 2.40. The molecule has 0 aliphatic carbocycles. The highest BCUT2D eigenvalue weighted by Gasteiger charge is 2.32. The molecule has 0 aromatic rings. The summed E-state index contributed by atoms with van der Waals surface area (Å²) in [4.78, 5) is 15.1. The smallest absolute Gasteiger partial charge is 0.317 e. The molecule has 0 saturated carbocycles. The molecule has 0 bridgehead atoms. The fourth-order valence-electron chi connectivity index (χ4n) is 2.40. The summed E-state index contributed by atoms with van der Waals surface area (Å²) < 4.78 is 5.69. The van der Waals surface area contributed by atoms with Gasteiger partial charge in [-0.05, 0) is 40.8 Å². The minimum atomic E-state index is -0.752. The maximum atomic E-state index is 11.0. The van der Waals surface area contributed by atoms with Gasteiger partial charge in [0.2, 0.25) is 0 Å². The molecule has 0 spiro atoms. The Morgan fingerprint density at radius 1 is 1.39 bits per heavy atom. The number of carboxylic acid groups (broad SMARTS) is 1. The number of ether oxygens (including phenoxy) is 1. The number of hydrogen-bond acceptors (Lipinski definition) is 4. The van der Waals surface area contributed by atoms with E-state index in [1.807, 2.05) is 14.1 Å². The molecule has 1 atom stereocenters. The molecular formula is C13H26N2O3. The Morgan fingerprint density at radius 2 is 2.06 bits per heavy atom. The Morgan fingerprint density at radius 3 is 2.56 bits per heavy atom. The van der Waals surface area contributed by atoms with Crippen molar-refractivity contribution in [3.63, 3.8) is 0 Å². The van der Waals surface area contributed by atoms with Gasteiger partial charge in [0.1, 0.15) is 0 Å². The average Bonchev–Trinajstić information content (AvgIpc) is 2.22. The summed E-state index contributed by atoms with van der Waals surface area (Å²) >= 11 is 0. The zero-order valence-corrected chi connectivity index (χ0v) is 12.0. The van der Waals surface area contributed by atoms with Crippen LogP contribution in [0.25, 0.3) is 0 Å². The summed E-state index contributed by atoms with van der Waals surface area (Å²) in [5, 5.41) is 9.02. The van der Waals surface area contributed by atoms with Gasteiger partial charge in [-0.25, -0.2) is 0 Å². The molecule has 106 valence electrons. The molecule has 5 heteroatoms. The number of carboxylic acids is 1. The molecule has 0 aromatic heterocycles. The third-order valence-corrected chi connectivity index (χ3v) is 3.36. The lowest BCUT2D eigenvalue weighted by atomic mass is 9.92. The normalized spacial score (nSPS) is 23.6. The van der Waals surface area contributed by atoms with Crippen molar-refractivity contribution < 1.29 is 14.6 Å². The van der Waals surface area contributed by atoms with Crippen LogP contribution in [0.4, 0.5) is 0 Å². The molecule has 1 N–H and O–H groups in total. The molecule has 1 fully saturated rings. The van der Waals surface area contributed by atoms with Gasteiger partial charge >= 0.3 is 5.97 Å². The maximum Gasteiger partial charge on any atom is 0.317 e. The van der Waals surface area contributed by atoms with Crippen LogP contribution < -0.4 is 0 Å². The summed E-state index contributed by atoms with van der Waals surface area (Å²) in [5.41, 5.74) is -0.141. The van der Waals surface area contributed by atoms with E-state index in [9.17, 15) is 4.79 Å². The maximum absolute atomic E-state index is 11.0. The average molecular weight is 258 g/mol. The Bertz CT molecular complexity index is 279. The second-order valence-electron chi connectivity index (χ2n) is 5.92. The molecule has 0 aromatic carbocycles. The van der Waals surface area contributed by atoms with Crippen molar-refractivity contribution in [2.45, 2.75) is 38.3 Å². The minimum Gasteiger partial charge on any atom is -0.480 e. The Kier molecular flexibility index (Phi) is 5.56. The third kappa shape index (κ3) is 5.33. The van der Waals surface area contributed by atoms with E-state index in [0.29, 0.717) is 6.04 Å². The van der Waals surface area contributed by atoms with Crippen LogP contribution in [0.1, 0.15) is 26.7 Å². The van der Waals surface area contributed by atoms with Crippen LogP contribution in [-0.2, 0) is 9.53 Å². The molecule has 1 aliphatic rings. The standard InChI is InChI=1S/C13H26N2O3/c1-13(2)9-11(5-8-18-13)15(10-12(16)17)7-6-14(3)4/h11H,5-10H2,1-4H3,(H,16,17). The first-order chi connectivity index (χ1) is 8.30. The number of hydrogen-bond donors (Lipinski definition) is 1. The summed E-state index contributed by atoms with van der Waals surface area (Å²) in [7, 11) is 4.01. The van der Waals surface area contributed by atoms with Gasteiger partial charge in [0.25, 0.3) is 0 Å². The summed E-state index contributed by atoms with van der Waals surface area (Å²) in [6.45, 7) is 6.66. The first-order valence-corrected chi connectivity index (χ1v) is 6.55. The van der Waals surface area contributed by atoms with Crippen molar-refractivity contribution in [3.8, 4) is 0 Å². The number of carbonyl (C=O) groups is 1. The van der Waals surface area contributed by atoms with Gasteiger partial charge < -0.3 is 14.7 Å². The highest BCUT2D eigenvalue weighted by atomic mass is 16.5. The third-order valence-electron chi connectivity index (χ3n) is 3.36. The van der Waals surface area contributed by atoms with E-state index in [4.69, 9.17) is 9.84 Å². The highest BCUT2D eigenvalue weighted by molar-refractivity contribution is 5.69. The van der Waals surface area contributed by atoms with Crippen molar-refractivity contribution in [1.82, 2.24) is 9.80 Å². The highest BCUT2D eigenvalue weighted by Crippen LogP contribution is 2.27. The van der Waals surface area contributed by atoms with Crippen molar-refractivity contribution >= 4 is 5.97 Å². The lowest BCUT2D eigenvalue weighted by Crippen LogP contribution is -2.49. The Hall–Kier alpha value is -0.650. The first kappa shape index (κ1) is 15.4. The number of nitrogens with zero attached hydrogens (tertiary/aromatic N) is 2. The monoisotopic (exact) mass is 258 g/mol. The predicted molar refractivity (Wildman–Crippen MR) is 70.8 cm³/mol. The predicted octanol–water partition coefficient (Wildman–Crippen LogP) is 0.892. The molecule has 1 aliphatic heterocycles. The fraction of sp³-hybridized carbons (Fsp3) is 0.923. The van der Waals surface area contributed by atoms with Crippen molar-refractivity contribution in [2.24, 2.45) is 0 Å². The van der Waals surface area contributed by atoms with Gasteiger partial charge in [-0.15, -0.1) is 0 Å². The molecule has 0 radical (unpaired) electrons. The zero-order valence-electron chi connectivity index (χ0n) is 12.0. The van der Waals surface area contributed by atoms with E-state index in [1.165, 1.54) is 0 Å². The van der Waals surface area contributed by atoms with Gasteiger partial charge in [-0.3, -0.25) is 9.69 Å². The number of aliphatic carboxylic acids is 1. The van der Waals surface area contributed by atoms with Crippen molar-refractivity contribution in [2.75, 3.05) is 40.3 Å². The SMILES string of the molecule is CN(C)CCN(CC(=O)O)C1CCOC(C)(C)C1. The van der Waals surface area contributed by atoms with E-state index in [-0.39, 0.29) is 12.1 Å². The lowest BCUT2D eigenvalue weighted by Gasteiger charge is -2.41. The largest absolute Gasteiger partial charge is 0.480 e. The van der Waals surface area contributed by atoms with Gasteiger partial charge in [-0.2, -0.15) is 0 Å². The minimum absolute atomic E-state index is 0.120. The summed E-state index contributed by atoms with van der Waals surface area (Å²) in [6, 6.07) is 0.310. The second-order valence-corrected chi connectivity index (χ2v) is 5.92. The first-order valence-electron chi connectivity index (χ1n) is 6.55. The Balaban J connectivity index is 2.60. The molecule has 1 unspecified atom stereocenters. The molecule has 5 nitrogen and oxygen atoms in total. The molecular weight excluding hydrogens is 232 g/mol. The second kappa shape index (κ2) is 6.50. The van der Waals surface area contributed by atoms with Crippen LogP contribution in [0.3, 0.4) is 0 Å². The van der Waals surface area contributed by atoms with Crippen LogP contribution in [0.2, 0.25) is 0 Å². The van der Waals surface area contributed by atoms with E-state index < -0.39 is 5.97 Å². The van der Waals surface area contributed by atoms with Gasteiger partial charge in [-0.1, -0.05) is 0 Å². The Labute approximate surface area is 110 Å². The van der Waals surface area contributed by atoms with E-state index >= 15 is 0 Å². The van der Waals surface area contributed by atoms with E-state index in [0.717, 1.165) is 32.5 Å². The van der Waals surface area contributed by atoms with Gasteiger partial charge in [0.05, 0.1) is 12.1 Å². The van der Waals surface area contributed by atoms with Crippen molar-refractivity contribution in [3.05, 3.63) is 0 Å². The van der Waals surface area contributed by atoms with Crippen LogP contribution in [0, 0.1) is 0 Å². The lowest BCUT2D eigenvalue weighted by molar-refractivity contribution is -0.141. The van der Waals surface area contributed by atoms with Crippen LogP contribution >= 0.6 is 0 Å². The van der Waals surface area contributed by atoms with Crippen LogP contribution in [0.15, 0.2) is 0 Å². The molecule has 18 heavy (non-hydrogen) atoms. The number of rotatable bonds is 6. The number of likely N-dealkylation sites (N-methyl/N-ethyl adjacent to an activating group) is 1. The molecule has 0 amide bonds. The van der Waals surface area contributed by atoms with Crippen LogP contribution in [-0.4, -0.2) is 72.9 Å². The van der Waals surface area contributed by atoms with E-state index in [1.54, 1.807) is 0 Å². The van der Waals surface area contributed by atoms with E-state index in [2.05, 4.69) is 23.6 Å². The van der Waals surface area contributed by atoms with Crippen molar-refractivity contribution in [1.29, 1.82) is 0 Å². The van der Waals surface area contributed by atoms with Gasteiger partial charge in [0, 0.05) is 25.7 Å². The molecule has 1 rings (SSSR count).